The van der Waals surface area contributed by atoms with Crippen LogP contribution in [0.1, 0.15) is 31.2 Å². The van der Waals surface area contributed by atoms with Crippen molar-refractivity contribution in [3.63, 3.8) is 0 Å². The smallest absolute Gasteiger partial charge is 0.129 e. The van der Waals surface area contributed by atoms with Crippen LogP contribution in [-0.4, -0.2) is 33.7 Å². The van der Waals surface area contributed by atoms with Crippen LogP contribution in [0.4, 0.5) is 11.6 Å². The van der Waals surface area contributed by atoms with E-state index in [1.807, 2.05) is 0 Å². The zero-order valence-corrected chi connectivity index (χ0v) is 10.1. The molecule has 0 spiro atoms. The molecule has 1 aliphatic rings. The summed E-state index contributed by atoms with van der Waals surface area (Å²) in [4.78, 5) is 4.19. The second-order valence-electron chi connectivity index (χ2n) is 4.60. The van der Waals surface area contributed by atoms with Crippen LogP contribution < -0.4 is 11.1 Å². The van der Waals surface area contributed by atoms with Gasteiger partial charge in [0.1, 0.15) is 11.6 Å². The molecule has 6 nitrogen and oxygen atoms in total. The number of nitrogens with one attached hydrogen (secondary N) is 1. The van der Waals surface area contributed by atoms with Crippen LogP contribution >= 0.6 is 0 Å². The zero-order valence-electron chi connectivity index (χ0n) is 10.1. The number of aromatic nitrogens is 1. The molecule has 1 fully saturated rings. The van der Waals surface area contributed by atoms with Crippen molar-refractivity contribution in [3.8, 4) is 0 Å². The summed E-state index contributed by atoms with van der Waals surface area (Å²) in [6.45, 7) is 0. The molecule has 0 aliphatic heterocycles. The van der Waals surface area contributed by atoms with E-state index in [0.717, 1.165) is 25.7 Å². The van der Waals surface area contributed by atoms with Crippen molar-refractivity contribution < 1.29 is 10.3 Å². The van der Waals surface area contributed by atoms with Gasteiger partial charge in [0.05, 0.1) is 12.3 Å². The molecule has 98 valence electrons. The maximum atomic E-state index is 9.44. The third kappa shape index (κ3) is 3.33. The van der Waals surface area contributed by atoms with Crippen molar-refractivity contribution in [2.45, 2.75) is 37.8 Å². The molecule has 1 aliphatic carbocycles. The maximum absolute atomic E-state index is 9.44. The van der Waals surface area contributed by atoms with E-state index in [9.17, 15) is 5.11 Å². The molecule has 18 heavy (non-hydrogen) atoms. The van der Waals surface area contributed by atoms with Crippen molar-refractivity contribution in [1.29, 1.82) is 0 Å². The summed E-state index contributed by atoms with van der Waals surface area (Å²) in [5.74, 6) is 1.05. The molecule has 0 saturated heterocycles. The van der Waals surface area contributed by atoms with Crippen LogP contribution in [0.5, 0.6) is 0 Å². The Bertz CT molecular complexity index is 428. The molecule has 6 heteroatoms. The predicted octanol–water partition coefficient (Wildman–Crippen LogP) is 1.19. The molecule has 2 rings (SSSR count). The first-order valence-electron chi connectivity index (χ1n) is 6.07. The summed E-state index contributed by atoms with van der Waals surface area (Å²) in [6, 6.07) is 3.72. The monoisotopic (exact) mass is 250 g/mol. The summed E-state index contributed by atoms with van der Waals surface area (Å²) in [5, 5.41) is 24.2. The minimum absolute atomic E-state index is 0.172. The summed E-state index contributed by atoms with van der Waals surface area (Å²) < 4.78 is 0. The third-order valence-corrected chi connectivity index (χ3v) is 3.12. The van der Waals surface area contributed by atoms with Crippen LogP contribution in [0.3, 0.4) is 0 Å². The maximum Gasteiger partial charge on any atom is 0.129 e. The summed E-state index contributed by atoms with van der Waals surface area (Å²) in [7, 11) is 0. The number of anilines is 2. The normalized spacial score (nSPS) is 24.3. The van der Waals surface area contributed by atoms with Gasteiger partial charge >= 0.3 is 0 Å². The van der Waals surface area contributed by atoms with Gasteiger partial charge in [-0.2, -0.15) is 0 Å². The Kier molecular flexibility index (Phi) is 3.99. The van der Waals surface area contributed by atoms with E-state index >= 15 is 0 Å². The van der Waals surface area contributed by atoms with Gasteiger partial charge in [-0.3, -0.25) is 0 Å². The number of nitrogen functional groups attached to an aromatic ring is 1. The van der Waals surface area contributed by atoms with E-state index in [1.165, 1.54) is 6.21 Å². The Labute approximate surface area is 106 Å². The average molecular weight is 250 g/mol. The lowest BCUT2D eigenvalue weighted by atomic mass is 9.93. The predicted molar refractivity (Wildman–Crippen MR) is 69.9 cm³/mol. The molecular weight excluding hydrogens is 232 g/mol. The van der Waals surface area contributed by atoms with Crippen molar-refractivity contribution in [3.05, 3.63) is 17.7 Å². The van der Waals surface area contributed by atoms with Gasteiger partial charge in [-0.15, -0.1) is 0 Å². The molecule has 0 amide bonds. The van der Waals surface area contributed by atoms with E-state index in [1.54, 1.807) is 12.1 Å². The number of pyridine rings is 1. The summed E-state index contributed by atoms with van der Waals surface area (Å²) in [5.41, 5.74) is 6.38. The Morgan fingerprint density at radius 2 is 2.06 bits per heavy atom. The number of aliphatic hydroxyl groups is 1. The van der Waals surface area contributed by atoms with Crippen LogP contribution in [0.25, 0.3) is 0 Å². The number of hydrogen-bond donors (Lipinski definition) is 4. The molecule has 1 heterocycles. The van der Waals surface area contributed by atoms with E-state index in [2.05, 4.69) is 15.5 Å². The van der Waals surface area contributed by atoms with Gasteiger partial charge in [0.2, 0.25) is 0 Å². The summed E-state index contributed by atoms with van der Waals surface area (Å²) in [6.07, 6.45) is 4.60. The van der Waals surface area contributed by atoms with Crippen molar-refractivity contribution in [2.75, 3.05) is 11.1 Å². The highest BCUT2D eigenvalue weighted by atomic mass is 16.4. The van der Waals surface area contributed by atoms with Gasteiger partial charge in [0.15, 0.2) is 0 Å². The Morgan fingerprint density at radius 1 is 1.33 bits per heavy atom. The quantitative estimate of drug-likeness (QED) is 0.366. The Morgan fingerprint density at radius 3 is 2.72 bits per heavy atom. The Balaban J connectivity index is 2.04. The molecule has 1 saturated carbocycles. The second kappa shape index (κ2) is 5.68. The molecule has 5 N–H and O–H groups in total. The number of oxime groups is 1. The molecular formula is C12H18N4O2. The standard InChI is InChI=1S/C12H18N4O2/c13-11-5-8(7-14-18)6-12(16-11)15-9-1-3-10(17)4-2-9/h5-7,9-10,17-18H,1-4H2,(H3,13,15,16)/b14-7+/t9-,10-. The minimum atomic E-state index is -0.172. The topological polar surface area (TPSA) is 104 Å². The highest BCUT2D eigenvalue weighted by Crippen LogP contribution is 2.22. The molecule has 0 bridgehead atoms. The molecule has 1 aromatic rings. The first kappa shape index (κ1) is 12.6. The van der Waals surface area contributed by atoms with Crippen molar-refractivity contribution >= 4 is 17.9 Å². The fraction of sp³-hybridized carbons (Fsp3) is 0.500. The lowest BCUT2D eigenvalue weighted by molar-refractivity contribution is 0.126. The van der Waals surface area contributed by atoms with Gasteiger partial charge < -0.3 is 21.4 Å². The SMILES string of the molecule is Nc1cc(/C=N/O)cc(N[C@H]2CC[C@H](O)CC2)n1. The van der Waals surface area contributed by atoms with Crippen LogP contribution in [0.15, 0.2) is 17.3 Å². The van der Waals surface area contributed by atoms with Gasteiger partial charge in [0.25, 0.3) is 0 Å². The molecule has 0 unspecified atom stereocenters. The summed E-state index contributed by atoms with van der Waals surface area (Å²) >= 11 is 0. The molecule has 0 aromatic carbocycles. The fourth-order valence-corrected chi connectivity index (χ4v) is 2.22. The number of nitrogens with two attached hydrogens (primary N) is 1. The van der Waals surface area contributed by atoms with E-state index in [0.29, 0.717) is 23.2 Å². The number of aliphatic hydroxyl groups excluding tert-OH is 1. The van der Waals surface area contributed by atoms with Crippen molar-refractivity contribution in [2.24, 2.45) is 5.16 Å². The highest BCUT2D eigenvalue weighted by molar-refractivity contribution is 5.81. The van der Waals surface area contributed by atoms with Gasteiger partial charge in [-0.05, 0) is 37.8 Å². The van der Waals surface area contributed by atoms with Crippen molar-refractivity contribution in [1.82, 2.24) is 4.98 Å². The van der Waals surface area contributed by atoms with Gasteiger partial charge in [-0.25, -0.2) is 4.98 Å². The molecule has 1 aromatic heterocycles. The van der Waals surface area contributed by atoms with Crippen LogP contribution in [-0.2, 0) is 0 Å². The first-order chi connectivity index (χ1) is 8.67. The lowest BCUT2D eigenvalue weighted by Crippen LogP contribution is -2.28. The van der Waals surface area contributed by atoms with Gasteiger partial charge in [-0.1, -0.05) is 5.16 Å². The van der Waals surface area contributed by atoms with Crippen LogP contribution in [0.2, 0.25) is 0 Å². The number of hydrogen-bond acceptors (Lipinski definition) is 6. The van der Waals surface area contributed by atoms with E-state index < -0.39 is 0 Å². The van der Waals surface area contributed by atoms with Crippen LogP contribution in [0, 0.1) is 0 Å². The number of rotatable bonds is 3. The largest absolute Gasteiger partial charge is 0.411 e. The third-order valence-electron chi connectivity index (χ3n) is 3.12. The lowest BCUT2D eigenvalue weighted by Gasteiger charge is -2.26. The average Bonchev–Trinajstić information content (AvgIpc) is 2.32. The highest BCUT2D eigenvalue weighted by Gasteiger charge is 2.19. The first-order valence-corrected chi connectivity index (χ1v) is 6.07. The fourth-order valence-electron chi connectivity index (χ4n) is 2.22. The van der Waals surface area contributed by atoms with E-state index in [4.69, 9.17) is 10.9 Å². The minimum Gasteiger partial charge on any atom is -0.411 e. The molecule has 0 radical (unpaired) electrons. The van der Waals surface area contributed by atoms with Gasteiger partial charge in [0, 0.05) is 11.6 Å². The van der Waals surface area contributed by atoms with E-state index in [-0.39, 0.29) is 6.10 Å². The second-order valence-corrected chi connectivity index (χ2v) is 4.60. The molecule has 0 atom stereocenters. The Hall–Kier alpha value is -1.82. The zero-order chi connectivity index (χ0) is 13.0. The number of nitrogens with zero attached hydrogens (tertiary/aromatic N) is 2.